The molecule has 6 atom stereocenters. The highest BCUT2D eigenvalue weighted by atomic mass is 31.2. The third-order valence-corrected chi connectivity index (χ3v) is 12.3. The molecule has 1 spiro atoms. The zero-order chi connectivity index (χ0) is 25.3. The lowest BCUT2D eigenvalue weighted by Gasteiger charge is -2.55. The monoisotopic (exact) mass is 506 g/mol. The van der Waals surface area contributed by atoms with Crippen LogP contribution in [-0.2, 0) is 18.6 Å². The average Bonchev–Trinajstić information content (AvgIpc) is 3.38. The summed E-state index contributed by atoms with van der Waals surface area (Å²) < 4.78 is 25.3. The molecular formula is C31H39O4P. The van der Waals surface area contributed by atoms with Crippen LogP contribution >= 0.6 is 7.37 Å². The summed E-state index contributed by atoms with van der Waals surface area (Å²) in [6.45, 7) is 11.8. The molecule has 1 aromatic carbocycles. The van der Waals surface area contributed by atoms with Gasteiger partial charge in [-0.3, -0.25) is 9.36 Å². The van der Waals surface area contributed by atoms with Crippen molar-refractivity contribution in [3.8, 4) is 0 Å². The second-order valence-corrected chi connectivity index (χ2v) is 14.4. The number of allylic oxidation sites excluding steroid dienone is 4. The van der Waals surface area contributed by atoms with E-state index in [0.717, 1.165) is 44.0 Å². The van der Waals surface area contributed by atoms with Crippen molar-refractivity contribution in [2.24, 2.45) is 17.3 Å². The summed E-state index contributed by atoms with van der Waals surface area (Å²) in [6.07, 6.45) is 9.78. The van der Waals surface area contributed by atoms with E-state index in [1.54, 1.807) is 12.2 Å². The Kier molecular flexibility index (Phi) is 5.91. The number of carbonyl (C=O) groups is 1. The molecular weight excluding hydrogens is 467 g/mol. The van der Waals surface area contributed by atoms with Crippen molar-refractivity contribution >= 4 is 18.5 Å². The SMILES string of the molecule is C=C1CCO[C@]12CC[C@H]1[C@@H]3CC=C4CC(=O)CCC4=C3[C@@H](c3ccc(P(C)(=O)OCC)cc3)C[C@@]12C. The molecule has 0 N–H and O–H groups in total. The lowest BCUT2D eigenvalue weighted by Crippen LogP contribution is -2.51. The van der Waals surface area contributed by atoms with Crippen LogP contribution < -0.4 is 5.30 Å². The van der Waals surface area contributed by atoms with E-state index in [9.17, 15) is 9.36 Å². The van der Waals surface area contributed by atoms with Gasteiger partial charge in [-0.1, -0.05) is 37.3 Å². The van der Waals surface area contributed by atoms with E-state index in [2.05, 4.69) is 31.7 Å². The molecule has 1 aromatic rings. The second-order valence-electron chi connectivity index (χ2n) is 11.9. The van der Waals surface area contributed by atoms with Gasteiger partial charge in [-0.15, -0.1) is 0 Å². The minimum absolute atomic E-state index is 0.0276. The molecule has 4 fully saturated rings. The zero-order valence-corrected chi connectivity index (χ0v) is 22.9. The van der Waals surface area contributed by atoms with Crippen LogP contribution in [0.25, 0.3) is 0 Å². The first-order valence-corrected chi connectivity index (χ1v) is 15.9. The molecule has 1 heterocycles. The first-order valence-electron chi connectivity index (χ1n) is 13.8. The topological polar surface area (TPSA) is 52.6 Å². The zero-order valence-electron chi connectivity index (χ0n) is 22.0. The smallest absolute Gasteiger partial charge is 0.229 e. The Morgan fingerprint density at radius 2 is 1.97 bits per heavy atom. The Hall–Kier alpha value is -1.74. The molecule has 0 radical (unpaired) electrons. The molecule has 1 saturated heterocycles. The van der Waals surface area contributed by atoms with Crippen molar-refractivity contribution in [2.75, 3.05) is 19.9 Å². The third-order valence-electron chi connectivity index (χ3n) is 10.3. The lowest BCUT2D eigenvalue weighted by molar-refractivity contribution is -0.118. The molecule has 0 aromatic heterocycles. The quantitative estimate of drug-likeness (QED) is 0.330. The molecule has 4 aliphatic carbocycles. The number of rotatable bonds is 4. The summed E-state index contributed by atoms with van der Waals surface area (Å²) in [5.74, 6) is 1.69. The van der Waals surface area contributed by atoms with Gasteiger partial charge < -0.3 is 9.26 Å². The Balaban J connectivity index is 1.46. The predicted octanol–water partition coefficient (Wildman–Crippen LogP) is 6.87. The van der Waals surface area contributed by atoms with E-state index < -0.39 is 7.37 Å². The van der Waals surface area contributed by atoms with E-state index in [4.69, 9.17) is 9.26 Å². The molecule has 6 rings (SSSR count). The molecule has 36 heavy (non-hydrogen) atoms. The van der Waals surface area contributed by atoms with E-state index in [0.29, 0.717) is 37.1 Å². The fourth-order valence-corrected chi connectivity index (χ4v) is 9.98. The Morgan fingerprint density at radius 3 is 2.67 bits per heavy atom. The Bertz CT molecular complexity index is 1220. The number of Topliss-reactive ketones (excluding diaryl/α,β-unsaturated/α-hetero) is 1. The van der Waals surface area contributed by atoms with E-state index in [-0.39, 0.29) is 16.9 Å². The normalized spacial score (nSPS) is 37.4. The summed E-state index contributed by atoms with van der Waals surface area (Å²) in [5.41, 5.74) is 6.71. The molecule has 1 unspecified atom stereocenters. The molecule has 192 valence electrons. The number of hydrogen-bond donors (Lipinski definition) is 0. The minimum atomic E-state index is -2.82. The van der Waals surface area contributed by atoms with Crippen LogP contribution in [0, 0.1) is 17.3 Å². The Labute approximate surface area is 215 Å². The highest BCUT2D eigenvalue weighted by molar-refractivity contribution is 7.66. The fourth-order valence-electron chi connectivity index (χ4n) is 8.65. The van der Waals surface area contributed by atoms with Crippen LogP contribution in [-0.4, -0.2) is 31.3 Å². The highest BCUT2D eigenvalue weighted by Gasteiger charge is 2.65. The summed E-state index contributed by atoms with van der Waals surface area (Å²) in [5, 5.41) is 0.777. The van der Waals surface area contributed by atoms with Crippen molar-refractivity contribution in [3.05, 3.63) is 64.8 Å². The van der Waals surface area contributed by atoms with Crippen molar-refractivity contribution < 1.29 is 18.6 Å². The van der Waals surface area contributed by atoms with Gasteiger partial charge in [-0.25, -0.2) is 0 Å². The Morgan fingerprint density at radius 1 is 1.19 bits per heavy atom. The molecule has 3 saturated carbocycles. The minimum Gasteiger partial charge on any atom is -0.370 e. The number of ether oxygens (including phenoxy) is 1. The van der Waals surface area contributed by atoms with Crippen molar-refractivity contribution in [2.45, 2.75) is 76.7 Å². The average molecular weight is 507 g/mol. The number of fused-ring (bicyclic) bond motifs is 5. The maximum atomic E-state index is 13.1. The first kappa shape index (κ1) is 24.6. The van der Waals surface area contributed by atoms with Gasteiger partial charge in [-0.05, 0) is 91.7 Å². The molecule has 4 nitrogen and oxygen atoms in total. The van der Waals surface area contributed by atoms with Crippen LogP contribution in [0.3, 0.4) is 0 Å². The summed E-state index contributed by atoms with van der Waals surface area (Å²) in [4.78, 5) is 12.3. The summed E-state index contributed by atoms with van der Waals surface area (Å²) in [6, 6.07) is 8.39. The van der Waals surface area contributed by atoms with Gasteiger partial charge in [0.2, 0.25) is 7.37 Å². The maximum absolute atomic E-state index is 13.1. The number of hydrogen-bond acceptors (Lipinski definition) is 4. The van der Waals surface area contributed by atoms with Gasteiger partial charge in [0.15, 0.2) is 0 Å². The maximum Gasteiger partial charge on any atom is 0.229 e. The van der Waals surface area contributed by atoms with Gasteiger partial charge >= 0.3 is 0 Å². The van der Waals surface area contributed by atoms with E-state index in [1.807, 2.05) is 19.1 Å². The molecule has 0 bridgehead atoms. The van der Waals surface area contributed by atoms with Crippen molar-refractivity contribution in [1.29, 1.82) is 0 Å². The largest absolute Gasteiger partial charge is 0.370 e. The predicted molar refractivity (Wildman–Crippen MR) is 144 cm³/mol. The first-order chi connectivity index (χ1) is 17.2. The standard InChI is InChI=1S/C31H39O4P/c1-5-35-36(4,33)24-10-6-21(7-11-24)27-19-30(3)28(14-16-31(30)20(2)15-17-34-31)26-12-8-22-18-23(32)9-13-25(22)29(26)27/h6-8,10-11,26-28H,2,5,9,12-19H2,1,3-4H3/t26-,27+,28-,30-,31+,36?/m0/s1. The third kappa shape index (κ3) is 3.47. The molecule has 5 heteroatoms. The van der Waals surface area contributed by atoms with Crippen LogP contribution in [0.15, 0.2) is 59.2 Å². The van der Waals surface area contributed by atoms with Crippen molar-refractivity contribution in [3.63, 3.8) is 0 Å². The van der Waals surface area contributed by atoms with Gasteiger partial charge in [0.25, 0.3) is 0 Å². The van der Waals surface area contributed by atoms with E-state index in [1.165, 1.54) is 28.7 Å². The van der Waals surface area contributed by atoms with Crippen LogP contribution in [0.4, 0.5) is 0 Å². The molecule has 5 aliphatic rings. The molecule has 1 aliphatic heterocycles. The summed E-state index contributed by atoms with van der Waals surface area (Å²) >= 11 is 0. The van der Waals surface area contributed by atoms with Crippen LogP contribution in [0.2, 0.25) is 0 Å². The second kappa shape index (κ2) is 8.65. The van der Waals surface area contributed by atoms with Gasteiger partial charge in [0, 0.05) is 36.1 Å². The number of ketones is 1. The van der Waals surface area contributed by atoms with Gasteiger partial charge in [-0.2, -0.15) is 0 Å². The highest BCUT2D eigenvalue weighted by Crippen LogP contribution is 2.69. The molecule has 0 amide bonds. The van der Waals surface area contributed by atoms with Crippen molar-refractivity contribution in [1.82, 2.24) is 0 Å². The van der Waals surface area contributed by atoms with Gasteiger partial charge in [0.05, 0.1) is 18.8 Å². The fraction of sp³-hybridized carbons (Fsp3) is 0.581. The number of carbonyl (C=O) groups excluding carboxylic acids is 1. The van der Waals surface area contributed by atoms with Crippen LogP contribution in [0.1, 0.15) is 76.7 Å². The summed E-state index contributed by atoms with van der Waals surface area (Å²) in [7, 11) is -2.82. The van der Waals surface area contributed by atoms with Gasteiger partial charge in [0.1, 0.15) is 5.78 Å². The van der Waals surface area contributed by atoms with Crippen LogP contribution in [0.5, 0.6) is 0 Å². The number of benzene rings is 1. The van der Waals surface area contributed by atoms with E-state index >= 15 is 0 Å². The lowest BCUT2D eigenvalue weighted by atomic mass is 9.51.